The van der Waals surface area contributed by atoms with Gasteiger partial charge in [0.1, 0.15) is 0 Å². The Balaban J connectivity index is 1.22. The van der Waals surface area contributed by atoms with Crippen LogP contribution in [0.15, 0.2) is 59.0 Å². The molecule has 0 unspecified atom stereocenters. The molecule has 2 aromatic heterocycles. The molecule has 0 bridgehead atoms. The number of benzene rings is 2. The van der Waals surface area contributed by atoms with Gasteiger partial charge in [-0.3, -0.25) is 20.4 Å². The molecule has 32 heavy (non-hydrogen) atoms. The molecule has 2 amide bonds. The summed E-state index contributed by atoms with van der Waals surface area (Å²) >= 11 is 1.49. The quantitative estimate of drug-likeness (QED) is 0.457. The van der Waals surface area contributed by atoms with Crippen molar-refractivity contribution < 1.29 is 14.0 Å². The summed E-state index contributed by atoms with van der Waals surface area (Å²) in [5.74, 6) is 0.101. The highest BCUT2D eigenvalue weighted by Gasteiger charge is 2.19. The summed E-state index contributed by atoms with van der Waals surface area (Å²) in [6.45, 7) is 2.00. The monoisotopic (exact) mass is 444 g/mol. The third kappa shape index (κ3) is 4.04. The number of thiophene rings is 1. The summed E-state index contributed by atoms with van der Waals surface area (Å²) in [6.07, 6.45) is 3.19. The first-order valence-corrected chi connectivity index (χ1v) is 11.1. The molecule has 0 atom stereocenters. The van der Waals surface area contributed by atoms with E-state index in [2.05, 4.69) is 21.0 Å². The summed E-state index contributed by atoms with van der Waals surface area (Å²) in [6, 6.07) is 16.5. The molecular weight excluding hydrogens is 424 g/mol. The Bertz CT molecular complexity index is 1290. The van der Waals surface area contributed by atoms with E-state index in [1.165, 1.54) is 21.8 Å². The second-order valence-corrected chi connectivity index (χ2v) is 8.82. The summed E-state index contributed by atoms with van der Waals surface area (Å²) in [4.78, 5) is 26.6. The first-order chi connectivity index (χ1) is 15.6. The Kier molecular flexibility index (Phi) is 5.28. The number of amides is 2. The molecule has 1 aliphatic rings. The van der Waals surface area contributed by atoms with Gasteiger partial charge in [0.05, 0.1) is 4.88 Å². The van der Waals surface area contributed by atoms with Crippen molar-refractivity contribution in [2.24, 2.45) is 0 Å². The molecule has 0 radical (unpaired) electrons. The van der Waals surface area contributed by atoms with Gasteiger partial charge in [-0.05, 0) is 74.2 Å². The predicted octanol–water partition coefficient (Wildman–Crippen LogP) is 4.34. The topological polar surface area (TPSA) is 97.1 Å². The highest BCUT2D eigenvalue weighted by Crippen LogP contribution is 2.30. The second kappa shape index (κ2) is 8.39. The van der Waals surface area contributed by atoms with E-state index in [0.717, 1.165) is 30.4 Å². The minimum atomic E-state index is -0.403. The molecule has 160 valence electrons. The lowest BCUT2D eigenvalue weighted by atomic mass is 10.1. The first-order valence-electron chi connectivity index (χ1n) is 10.3. The molecule has 8 heteroatoms. The summed E-state index contributed by atoms with van der Waals surface area (Å²) in [7, 11) is 0. The van der Waals surface area contributed by atoms with Gasteiger partial charge < -0.3 is 4.42 Å². The first kappa shape index (κ1) is 20.1. The lowest BCUT2D eigenvalue weighted by molar-refractivity contribution is 0.0849. The van der Waals surface area contributed by atoms with Crippen LogP contribution >= 0.6 is 11.3 Å². The van der Waals surface area contributed by atoms with Crippen molar-refractivity contribution in [3.05, 3.63) is 81.0 Å². The summed E-state index contributed by atoms with van der Waals surface area (Å²) < 4.78 is 5.79. The molecular formula is C24H20N4O3S. The number of carbonyl (C=O) groups is 2. The molecule has 2 N–H and O–H groups in total. The molecule has 2 heterocycles. The second-order valence-electron chi connectivity index (χ2n) is 7.68. The lowest BCUT2D eigenvalue weighted by Crippen LogP contribution is -2.41. The van der Waals surface area contributed by atoms with Crippen molar-refractivity contribution >= 4 is 23.2 Å². The Labute approximate surface area is 188 Å². The standard InChI is InChI=1S/C24H20N4O3S/c1-14-4-2-6-18(12-14)24-28-27-23(31-24)16-10-8-15(9-11-16)21(29)25-26-22(30)20-13-17-5-3-7-19(17)32-20/h2,4,6,8-13H,3,5,7H2,1H3,(H,25,29)(H,26,30). The van der Waals surface area contributed by atoms with Crippen molar-refractivity contribution in [1.29, 1.82) is 0 Å². The fourth-order valence-electron chi connectivity index (χ4n) is 3.69. The molecule has 0 saturated carbocycles. The van der Waals surface area contributed by atoms with Crippen LogP contribution in [0.4, 0.5) is 0 Å². The number of hydrogen-bond donors (Lipinski definition) is 2. The van der Waals surface area contributed by atoms with Gasteiger partial charge in [-0.15, -0.1) is 21.5 Å². The average molecular weight is 445 g/mol. The smallest absolute Gasteiger partial charge is 0.279 e. The van der Waals surface area contributed by atoms with E-state index in [4.69, 9.17) is 4.42 Å². The van der Waals surface area contributed by atoms with Crippen LogP contribution in [0.1, 0.15) is 42.5 Å². The van der Waals surface area contributed by atoms with E-state index in [1.54, 1.807) is 24.3 Å². The SMILES string of the molecule is Cc1cccc(-c2nnc(-c3ccc(C(=O)NNC(=O)c4cc5c(s4)CCC5)cc3)o2)c1. The van der Waals surface area contributed by atoms with Crippen molar-refractivity contribution in [1.82, 2.24) is 21.0 Å². The Morgan fingerprint density at radius 2 is 1.66 bits per heavy atom. The summed E-state index contributed by atoms with van der Waals surface area (Å²) in [5, 5.41) is 8.22. The molecule has 0 spiro atoms. The number of aryl methyl sites for hydroxylation is 3. The number of nitrogens with zero attached hydrogens (tertiary/aromatic N) is 2. The van der Waals surface area contributed by atoms with Gasteiger partial charge in [0.2, 0.25) is 11.8 Å². The van der Waals surface area contributed by atoms with Crippen LogP contribution in [0.25, 0.3) is 22.9 Å². The average Bonchev–Trinajstić information content (AvgIpc) is 3.54. The van der Waals surface area contributed by atoms with Crippen LogP contribution in [0, 0.1) is 6.92 Å². The van der Waals surface area contributed by atoms with Crippen molar-refractivity contribution in [2.45, 2.75) is 26.2 Å². The molecule has 0 aliphatic heterocycles. The van der Waals surface area contributed by atoms with Crippen LogP contribution in [-0.4, -0.2) is 22.0 Å². The fraction of sp³-hybridized carbons (Fsp3) is 0.167. The van der Waals surface area contributed by atoms with E-state index in [0.29, 0.717) is 27.8 Å². The highest BCUT2D eigenvalue weighted by molar-refractivity contribution is 7.14. The van der Waals surface area contributed by atoms with Crippen molar-refractivity contribution in [2.75, 3.05) is 0 Å². The van der Waals surface area contributed by atoms with Gasteiger partial charge in [-0.1, -0.05) is 17.7 Å². The van der Waals surface area contributed by atoms with E-state index >= 15 is 0 Å². The van der Waals surface area contributed by atoms with Crippen LogP contribution in [0.5, 0.6) is 0 Å². The normalized spacial score (nSPS) is 12.4. The maximum atomic E-state index is 12.4. The van der Waals surface area contributed by atoms with Gasteiger partial charge >= 0.3 is 0 Å². The zero-order chi connectivity index (χ0) is 22.1. The van der Waals surface area contributed by atoms with Crippen molar-refractivity contribution in [3.8, 4) is 22.9 Å². The van der Waals surface area contributed by atoms with E-state index in [-0.39, 0.29) is 5.91 Å². The Morgan fingerprint density at radius 1 is 0.906 bits per heavy atom. The minimum absolute atomic E-state index is 0.302. The van der Waals surface area contributed by atoms with Crippen LogP contribution in [0.2, 0.25) is 0 Å². The van der Waals surface area contributed by atoms with Crippen LogP contribution < -0.4 is 10.9 Å². The number of fused-ring (bicyclic) bond motifs is 1. The maximum absolute atomic E-state index is 12.4. The van der Waals surface area contributed by atoms with E-state index in [9.17, 15) is 9.59 Å². The number of carbonyl (C=O) groups excluding carboxylic acids is 2. The number of rotatable bonds is 4. The number of nitrogens with one attached hydrogen (secondary N) is 2. The zero-order valence-electron chi connectivity index (χ0n) is 17.3. The molecule has 5 rings (SSSR count). The number of aromatic nitrogens is 2. The maximum Gasteiger partial charge on any atom is 0.279 e. The van der Waals surface area contributed by atoms with Gasteiger partial charge in [0, 0.05) is 21.6 Å². The largest absolute Gasteiger partial charge is 0.416 e. The zero-order valence-corrected chi connectivity index (χ0v) is 18.2. The molecule has 2 aromatic carbocycles. The lowest BCUT2D eigenvalue weighted by Gasteiger charge is -2.06. The molecule has 1 aliphatic carbocycles. The molecule has 7 nitrogen and oxygen atoms in total. The molecule has 4 aromatic rings. The number of hydrazine groups is 1. The van der Waals surface area contributed by atoms with E-state index < -0.39 is 5.91 Å². The Morgan fingerprint density at radius 3 is 2.41 bits per heavy atom. The predicted molar refractivity (Wildman–Crippen MR) is 121 cm³/mol. The molecule has 0 fully saturated rings. The third-order valence-electron chi connectivity index (χ3n) is 5.34. The van der Waals surface area contributed by atoms with Gasteiger partial charge in [0.15, 0.2) is 0 Å². The van der Waals surface area contributed by atoms with Crippen LogP contribution in [-0.2, 0) is 12.8 Å². The Hall–Kier alpha value is -3.78. The highest BCUT2D eigenvalue weighted by atomic mass is 32.1. The fourth-order valence-corrected chi connectivity index (χ4v) is 4.84. The minimum Gasteiger partial charge on any atom is -0.416 e. The third-order valence-corrected chi connectivity index (χ3v) is 6.58. The van der Waals surface area contributed by atoms with Gasteiger partial charge in [-0.25, -0.2) is 0 Å². The van der Waals surface area contributed by atoms with Crippen LogP contribution in [0.3, 0.4) is 0 Å². The van der Waals surface area contributed by atoms with E-state index in [1.807, 2.05) is 37.3 Å². The van der Waals surface area contributed by atoms with Gasteiger partial charge in [-0.2, -0.15) is 0 Å². The summed E-state index contributed by atoms with van der Waals surface area (Å²) in [5.41, 5.74) is 9.26. The number of hydrogen-bond acceptors (Lipinski definition) is 6. The van der Waals surface area contributed by atoms with Crippen molar-refractivity contribution in [3.63, 3.8) is 0 Å². The van der Waals surface area contributed by atoms with Gasteiger partial charge in [0.25, 0.3) is 11.8 Å². The molecule has 0 saturated heterocycles.